The molecule has 0 spiro atoms. The van der Waals surface area contributed by atoms with Crippen LogP contribution in [0, 0.1) is 45.3 Å². The van der Waals surface area contributed by atoms with E-state index in [4.69, 9.17) is 14.2 Å². The fourth-order valence-corrected chi connectivity index (χ4v) is 9.31. The second-order valence-corrected chi connectivity index (χ2v) is 12.5. The van der Waals surface area contributed by atoms with Crippen LogP contribution < -0.4 is 0 Å². The minimum atomic E-state index is -0.0432. The quantitative estimate of drug-likeness (QED) is 0.650. The van der Waals surface area contributed by atoms with Gasteiger partial charge >= 0.3 is 0 Å². The molecule has 6 aliphatic rings. The first-order chi connectivity index (χ1) is 12.6. The van der Waals surface area contributed by atoms with Crippen LogP contribution >= 0.6 is 0 Å². The monoisotopic (exact) mass is 374 g/mol. The summed E-state index contributed by atoms with van der Waals surface area (Å²) < 4.78 is 19.6. The van der Waals surface area contributed by atoms with Crippen molar-refractivity contribution in [1.82, 2.24) is 0 Å². The van der Waals surface area contributed by atoms with Gasteiger partial charge in [-0.25, -0.2) is 0 Å². The van der Waals surface area contributed by atoms with Gasteiger partial charge in [0.15, 0.2) is 12.6 Å². The fraction of sp³-hybridized carbons (Fsp3) is 1.00. The van der Waals surface area contributed by atoms with Gasteiger partial charge in [0.05, 0.1) is 12.2 Å². The topological polar surface area (TPSA) is 27.7 Å². The second-order valence-electron chi connectivity index (χ2n) is 12.5. The van der Waals surface area contributed by atoms with E-state index in [0.717, 1.165) is 24.7 Å². The molecule has 0 aromatic rings. The Morgan fingerprint density at radius 1 is 0.667 bits per heavy atom. The predicted octanol–water partition coefficient (Wildman–Crippen LogP) is 5.38. The Balaban J connectivity index is 1.15. The van der Waals surface area contributed by atoms with Crippen LogP contribution in [0.5, 0.6) is 0 Å². The maximum atomic E-state index is 6.58. The van der Waals surface area contributed by atoms with E-state index in [9.17, 15) is 0 Å². The van der Waals surface area contributed by atoms with Crippen LogP contribution in [0.3, 0.4) is 0 Å². The van der Waals surface area contributed by atoms with Gasteiger partial charge in [-0.1, -0.05) is 41.5 Å². The molecule has 6 rings (SSSR count). The zero-order valence-electron chi connectivity index (χ0n) is 18.1. The first-order valence-corrected chi connectivity index (χ1v) is 11.6. The molecule has 0 aromatic carbocycles. The number of hydrogen-bond donors (Lipinski definition) is 0. The molecule has 4 aliphatic carbocycles. The van der Waals surface area contributed by atoms with Crippen LogP contribution in [0.15, 0.2) is 0 Å². The van der Waals surface area contributed by atoms with E-state index in [-0.39, 0.29) is 12.6 Å². The number of ether oxygens (including phenoxy) is 3. The summed E-state index contributed by atoms with van der Waals surface area (Å²) in [5, 5.41) is 0. The molecule has 0 radical (unpaired) electrons. The molecule has 4 bridgehead atoms. The van der Waals surface area contributed by atoms with E-state index in [2.05, 4.69) is 41.5 Å². The van der Waals surface area contributed by atoms with Crippen molar-refractivity contribution < 1.29 is 14.2 Å². The third-order valence-corrected chi connectivity index (χ3v) is 11.6. The Morgan fingerprint density at radius 2 is 1.07 bits per heavy atom. The van der Waals surface area contributed by atoms with E-state index in [1.807, 2.05) is 0 Å². The Bertz CT molecular complexity index is 615. The Labute approximate surface area is 164 Å². The maximum Gasteiger partial charge on any atom is 0.161 e. The van der Waals surface area contributed by atoms with Crippen molar-refractivity contribution in [3.63, 3.8) is 0 Å². The molecule has 0 N–H and O–H groups in total. The van der Waals surface area contributed by atoms with E-state index in [0.29, 0.717) is 45.7 Å². The van der Waals surface area contributed by atoms with Crippen molar-refractivity contribution in [2.45, 2.75) is 105 Å². The summed E-state index contributed by atoms with van der Waals surface area (Å²) in [6, 6.07) is 0. The number of rotatable bonds is 2. The zero-order chi connectivity index (χ0) is 19.0. The lowest BCUT2D eigenvalue weighted by molar-refractivity contribution is -0.252. The summed E-state index contributed by atoms with van der Waals surface area (Å²) in [6.07, 6.45) is 8.24. The normalized spacial score (nSPS) is 61.6. The molecule has 3 heteroatoms. The lowest BCUT2D eigenvalue weighted by atomic mass is 9.70. The predicted molar refractivity (Wildman–Crippen MR) is 104 cm³/mol. The Hall–Kier alpha value is -0.120. The standard InChI is InChI=1S/C24H38O3/c1-21(2)15-7-9-23(21,5)19-13(15)11-17(26-19)25-18-12-14-16-8-10-24(6,20(14)27-18)22(16,3)4/h13-20H,7-12H2,1-6H3/t13-,14+,15+,16-,17-,18-,19-,20-,23-,24+/m1/s1. The minimum absolute atomic E-state index is 0.0432. The van der Waals surface area contributed by atoms with Gasteiger partial charge in [-0.3, -0.25) is 0 Å². The van der Waals surface area contributed by atoms with E-state index >= 15 is 0 Å². The molecule has 3 nitrogen and oxygen atoms in total. The SMILES string of the molecule is CC1(C)[C@@H]2CC[C@@]1(C)[C@@H]1O[C@@H](O[C@H]3C[C@H]4[C@@H](O3)[C@@]3(C)CC[C@@H]4C3(C)C)C[C@@H]21. The van der Waals surface area contributed by atoms with Crippen LogP contribution in [0.2, 0.25) is 0 Å². The summed E-state index contributed by atoms with van der Waals surface area (Å²) in [5.74, 6) is 3.00. The molecule has 0 amide bonds. The summed E-state index contributed by atoms with van der Waals surface area (Å²) in [4.78, 5) is 0. The molecule has 6 fully saturated rings. The molecule has 2 saturated heterocycles. The zero-order valence-corrected chi connectivity index (χ0v) is 18.1. The van der Waals surface area contributed by atoms with Gasteiger partial charge in [0.1, 0.15) is 0 Å². The summed E-state index contributed by atoms with van der Waals surface area (Å²) in [5.41, 5.74) is 1.47. The summed E-state index contributed by atoms with van der Waals surface area (Å²) in [6.45, 7) is 14.8. The van der Waals surface area contributed by atoms with Crippen LogP contribution in [-0.4, -0.2) is 24.8 Å². The van der Waals surface area contributed by atoms with Gasteiger partial charge < -0.3 is 14.2 Å². The highest BCUT2D eigenvalue weighted by atomic mass is 16.8. The third-order valence-electron chi connectivity index (χ3n) is 11.6. The van der Waals surface area contributed by atoms with Crippen LogP contribution in [-0.2, 0) is 14.2 Å². The fourth-order valence-electron chi connectivity index (χ4n) is 9.31. The van der Waals surface area contributed by atoms with Crippen LogP contribution in [0.1, 0.15) is 80.1 Å². The Morgan fingerprint density at radius 3 is 1.44 bits per heavy atom. The molecule has 10 atom stereocenters. The highest BCUT2D eigenvalue weighted by Crippen LogP contribution is 2.72. The molecule has 0 unspecified atom stereocenters. The largest absolute Gasteiger partial charge is 0.348 e. The first kappa shape index (κ1) is 17.7. The minimum Gasteiger partial charge on any atom is -0.348 e. The third kappa shape index (κ3) is 1.83. The van der Waals surface area contributed by atoms with Crippen molar-refractivity contribution in [3.8, 4) is 0 Å². The summed E-state index contributed by atoms with van der Waals surface area (Å²) in [7, 11) is 0. The van der Waals surface area contributed by atoms with E-state index < -0.39 is 0 Å². The van der Waals surface area contributed by atoms with Gasteiger partial charge in [0.2, 0.25) is 0 Å². The van der Waals surface area contributed by atoms with Crippen molar-refractivity contribution in [2.75, 3.05) is 0 Å². The smallest absolute Gasteiger partial charge is 0.161 e. The lowest BCUT2D eigenvalue weighted by Gasteiger charge is -2.39. The van der Waals surface area contributed by atoms with Gasteiger partial charge in [-0.15, -0.1) is 0 Å². The highest BCUT2D eigenvalue weighted by Gasteiger charge is 2.71. The molecular formula is C24H38O3. The van der Waals surface area contributed by atoms with E-state index in [1.165, 1.54) is 25.7 Å². The number of fused-ring (bicyclic) bond motifs is 10. The average Bonchev–Trinajstić information content (AvgIpc) is 3.33. The van der Waals surface area contributed by atoms with Gasteiger partial charge in [0, 0.05) is 12.8 Å². The van der Waals surface area contributed by atoms with Crippen molar-refractivity contribution >= 4 is 0 Å². The molecule has 0 aromatic heterocycles. The Kier molecular flexibility index (Phi) is 3.25. The molecule has 2 heterocycles. The van der Waals surface area contributed by atoms with Crippen molar-refractivity contribution in [3.05, 3.63) is 0 Å². The second kappa shape index (κ2) is 4.95. The highest BCUT2D eigenvalue weighted by molar-refractivity contribution is 5.18. The molecule has 152 valence electrons. The first-order valence-electron chi connectivity index (χ1n) is 11.6. The summed E-state index contributed by atoms with van der Waals surface area (Å²) >= 11 is 0. The maximum absolute atomic E-state index is 6.58. The lowest BCUT2D eigenvalue weighted by Crippen LogP contribution is -2.39. The van der Waals surface area contributed by atoms with Crippen LogP contribution in [0.25, 0.3) is 0 Å². The van der Waals surface area contributed by atoms with Gasteiger partial charge in [0.25, 0.3) is 0 Å². The molecule has 27 heavy (non-hydrogen) atoms. The van der Waals surface area contributed by atoms with Crippen molar-refractivity contribution in [1.29, 1.82) is 0 Å². The average molecular weight is 375 g/mol. The van der Waals surface area contributed by atoms with E-state index in [1.54, 1.807) is 0 Å². The van der Waals surface area contributed by atoms with Gasteiger partial charge in [-0.2, -0.15) is 0 Å². The molecular weight excluding hydrogens is 336 g/mol. The van der Waals surface area contributed by atoms with Crippen molar-refractivity contribution in [2.24, 2.45) is 45.3 Å². The van der Waals surface area contributed by atoms with Crippen LogP contribution in [0.4, 0.5) is 0 Å². The van der Waals surface area contributed by atoms with Gasteiger partial charge in [-0.05, 0) is 71.0 Å². The molecule has 2 aliphatic heterocycles. The number of hydrogen-bond acceptors (Lipinski definition) is 3. The molecule has 4 saturated carbocycles.